The topological polar surface area (TPSA) is 82.5 Å². The fourth-order valence-electron chi connectivity index (χ4n) is 4.19. The van der Waals surface area contributed by atoms with Crippen LogP contribution in [0.2, 0.25) is 5.02 Å². The number of nitrogens with zero attached hydrogens (tertiary/aromatic N) is 2. The van der Waals surface area contributed by atoms with Gasteiger partial charge >= 0.3 is 12.1 Å². The van der Waals surface area contributed by atoms with Crippen molar-refractivity contribution in [2.75, 3.05) is 7.11 Å². The average Bonchev–Trinajstić information content (AvgIpc) is 3.20. The van der Waals surface area contributed by atoms with Gasteiger partial charge in [0.15, 0.2) is 0 Å². The van der Waals surface area contributed by atoms with E-state index < -0.39 is 23.7 Å². The van der Waals surface area contributed by atoms with Crippen molar-refractivity contribution in [3.63, 3.8) is 0 Å². The predicted octanol–water partition coefficient (Wildman–Crippen LogP) is 6.46. The first-order valence-corrected chi connectivity index (χ1v) is 12.6. The second kappa shape index (κ2) is 11.5. The van der Waals surface area contributed by atoms with Crippen LogP contribution in [0.15, 0.2) is 72.9 Å². The molecule has 196 valence electrons. The molecule has 0 unspecified atom stereocenters. The van der Waals surface area contributed by atoms with Gasteiger partial charge in [0.2, 0.25) is 0 Å². The molecule has 0 fully saturated rings. The first-order valence-electron chi connectivity index (χ1n) is 12.2. The molecule has 1 N–H and O–H groups in total. The molecule has 1 amide bonds. The summed E-state index contributed by atoms with van der Waals surface area (Å²) in [5, 5.41) is 4.27. The number of aromatic nitrogens is 2. The van der Waals surface area contributed by atoms with Crippen molar-refractivity contribution in [1.82, 2.24) is 14.9 Å². The standard InChI is InChI=1S/C30H30ClN3O4/c1-30(2,3)38-29(36)33-24(28(35)37-4)19-23-22-9-5-6-10-25(22)34(27-11-7-8-18-32-27)26(23)17-14-20-12-15-21(31)16-13-20/h5-18,24H,19H2,1-4H3,(H,33,36)/b17-14+/t24-/m0/s1. The average molecular weight is 532 g/mol. The number of fused-ring (bicyclic) bond motifs is 1. The molecule has 0 bridgehead atoms. The molecule has 0 aliphatic heterocycles. The minimum atomic E-state index is -0.972. The third-order valence-electron chi connectivity index (χ3n) is 5.79. The highest BCUT2D eigenvalue weighted by molar-refractivity contribution is 6.30. The molecular weight excluding hydrogens is 502 g/mol. The number of halogens is 1. The normalized spacial score (nSPS) is 12.4. The van der Waals surface area contributed by atoms with E-state index in [9.17, 15) is 9.59 Å². The van der Waals surface area contributed by atoms with Crippen LogP contribution in [0, 0.1) is 0 Å². The summed E-state index contributed by atoms with van der Waals surface area (Å²) in [4.78, 5) is 30.0. The molecule has 2 aromatic carbocycles. The minimum Gasteiger partial charge on any atom is -0.467 e. The monoisotopic (exact) mass is 531 g/mol. The van der Waals surface area contributed by atoms with E-state index in [-0.39, 0.29) is 6.42 Å². The van der Waals surface area contributed by atoms with Gasteiger partial charge in [0, 0.05) is 23.0 Å². The van der Waals surface area contributed by atoms with Crippen LogP contribution in [-0.2, 0) is 20.7 Å². The van der Waals surface area contributed by atoms with Gasteiger partial charge in [-0.1, -0.05) is 54.1 Å². The summed E-state index contributed by atoms with van der Waals surface area (Å²) in [6, 6.07) is 20.1. The Balaban J connectivity index is 1.85. The summed E-state index contributed by atoms with van der Waals surface area (Å²) >= 11 is 6.07. The molecule has 0 aliphatic rings. The highest BCUT2D eigenvalue weighted by Gasteiger charge is 2.28. The van der Waals surface area contributed by atoms with Gasteiger partial charge in [0.1, 0.15) is 17.5 Å². The van der Waals surface area contributed by atoms with E-state index in [2.05, 4.69) is 10.3 Å². The Labute approximate surface area is 227 Å². The Morgan fingerprint density at radius 1 is 1.03 bits per heavy atom. The summed E-state index contributed by atoms with van der Waals surface area (Å²) in [6.45, 7) is 5.29. The zero-order valence-corrected chi connectivity index (χ0v) is 22.5. The quantitative estimate of drug-likeness (QED) is 0.277. The number of ether oxygens (including phenoxy) is 2. The molecular formula is C30H30ClN3O4. The van der Waals surface area contributed by atoms with Crippen LogP contribution in [0.1, 0.15) is 37.6 Å². The van der Waals surface area contributed by atoms with E-state index in [1.165, 1.54) is 7.11 Å². The third kappa shape index (κ3) is 6.42. The molecule has 4 rings (SSSR count). The Morgan fingerprint density at radius 3 is 2.39 bits per heavy atom. The van der Waals surface area contributed by atoms with Gasteiger partial charge < -0.3 is 14.8 Å². The number of carbonyl (C=O) groups is 2. The first-order chi connectivity index (χ1) is 18.2. The van der Waals surface area contributed by atoms with E-state index in [0.29, 0.717) is 5.02 Å². The summed E-state index contributed by atoms with van der Waals surface area (Å²) in [5.74, 6) is 0.151. The number of hydrogen-bond donors (Lipinski definition) is 1. The van der Waals surface area contributed by atoms with E-state index in [1.807, 2.05) is 83.4 Å². The lowest BCUT2D eigenvalue weighted by atomic mass is 10.0. The number of alkyl carbamates (subject to hydrolysis) is 1. The van der Waals surface area contributed by atoms with E-state index in [1.54, 1.807) is 27.0 Å². The lowest BCUT2D eigenvalue weighted by Crippen LogP contribution is -2.45. The first kappa shape index (κ1) is 26.9. The second-order valence-corrected chi connectivity index (χ2v) is 10.2. The summed E-state index contributed by atoms with van der Waals surface area (Å²) in [5.41, 5.74) is 2.82. The van der Waals surface area contributed by atoms with Crippen LogP contribution in [0.25, 0.3) is 28.9 Å². The molecule has 38 heavy (non-hydrogen) atoms. The summed E-state index contributed by atoms with van der Waals surface area (Å²) < 4.78 is 12.5. The van der Waals surface area contributed by atoms with Crippen molar-refractivity contribution < 1.29 is 19.1 Å². The van der Waals surface area contributed by atoms with Gasteiger partial charge in [-0.25, -0.2) is 14.6 Å². The number of carbonyl (C=O) groups excluding carboxylic acids is 2. The van der Waals surface area contributed by atoms with Crippen molar-refractivity contribution in [2.45, 2.75) is 38.8 Å². The Bertz CT molecular complexity index is 1450. The number of benzene rings is 2. The molecule has 0 radical (unpaired) electrons. The van der Waals surface area contributed by atoms with Crippen molar-refractivity contribution in [3.8, 4) is 5.82 Å². The molecule has 0 saturated carbocycles. The van der Waals surface area contributed by atoms with Crippen molar-refractivity contribution in [3.05, 3.63) is 94.8 Å². The minimum absolute atomic E-state index is 0.173. The van der Waals surface area contributed by atoms with E-state index in [4.69, 9.17) is 21.1 Å². The number of pyridine rings is 1. The van der Waals surface area contributed by atoms with E-state index >= 15 is 0 Å². The second-order valence-electron chi connectivity index (χ2n) is 9.72. The van der Waals surface area contributed by atoms with Crippen LogP contribution in [0.4, 0.5) is 4.79 Å². The zero-order chi connectivity index (χ0) is 27.3. The number of para-hydroxylation sites is 1. The number of rotatable bonds is 7. The molecule has 0 saturated heterocycles. The van der Waals surface area contributed by atoms with Crippen LogP contribution >= 0.6 is 11.6 Å². The van der Waals surface area contributed by atoms with Gasteiger partial charge in [-0.2, -0.15) is 0 Å². The van der Waals surface area contributed by atoms with Gasteiger partial charge in [0.05, 0.1) is 18.3 Å². The Morgan fingerprint density at radius 2 is 1.74 bits per heavy atom. The smallest absolute Gasteiger partial charge is 0.408 e. The van der Waals surface area contributed by atoms with E-state index in [0.717, 1.165) is 33.5 Å². The molecule has 0 aliphatic carbocycles. The SMILES string of the molecule is COC(=O)[C@H](Cc1c(/C=C/c2ccc(Cl)cc2)n(-c2ccccn2)c2ccccc12)NC(=O)OC(C)(C)C. The largest absolute Gasteiger partial charge is 0.467 e. The molecule has 2 heterocycles. The van der Waals surface area contributed by atoms with Crippen LogP contribution in [0.3, 0.4) is 0 Å². The molecule has 1 atom stereocenters. The van der Waals surface area contributed by atoms with Gasteiger partial charge in [-0.15, -0.1) is 0 Å². The number of nitrogens with one attached hydrogen (secondary N) is 1. The van der Waals surface area contributed by atoms with Gasteiger partial charge in [0.25, 0.3) is 0 Å². The van der Waals surface area contributed by atoms with Crippen LogP contribution < -0.4 is 5.32 Å². The van der Waals surface area contributed by atoms with Crippen molar-refractivity contribution in [2.24, 2.45) is 0 Å². The lowest BCUT2D eigenvalue weighted by Gasteiger charge is -2.22. The fraction of sp³-hybridized carbons (Fsp3) is 0.233. The summed E-state index contributed by atoms with van der Waals surface area (Å²) in [7, 11) is 1.30. The number of amides is 1. The molecule has 7 nitrogen and oxygen atoms in total. The highest BCUT2D eigenvalue weighted by Crippen LogP contribution is 2.32. The Hall–Kier alpha value is -4.10. The third-order valence-corrected chi connectivity index (χ3v) is 6.04. The maximum atomic E-state index is 12.8. The Kier molecular flexibility index (Phi) is 8.17. The maximum Gasteiger partial charge on any atom is 0.408 e. The maximum absolute atomic E-state index is 12.8. The van der Waals surface area contributed by atoms with Crippen LogP contribution in [0.5, 0.6) is 0 Å². The fourth-order valence-corrected chi connectivity index (χ4v) is 4.31. The van der Waals surface area contributed by atoms with Crippen LogP contribution in [-0.4, -0.2) is 40.4 Å². The molecule has 8 heteroatoms. The van der Waals surface area contributed by atoms with Gasteiger partial charge in [-0.05, 0) is 68.3 Å². The molecule has 4 aromatic rings. The number of hydrogen-bond acceptors (Lipinski definition) is 5. The highest BCUT2D eigenvalue weighted by atomic mass is 35.5. The number of methoxy groups -OCH3 is 1. The number of esters is 1. The molecule has 2 aromatic heterocycles. The van der Waals surface area contributed by atoms with Gasteiger partial charge in [-0.3, -0.25) is 4.57 Å². The van der Waals surface area contributed by atoms with Crippen molar-refractivity contribution >= 4 is 46.7 Å². The predicted molar refractivity (Wildman–Crippen MR) is 150 cm³/mol. The zero-order valence-electron chi connectivity index (χ0n) is 21.8. The molecule has 0 spiro atoms. The van der Waals surface area contributed by atoms with Crippen molar-refractivity contribution in [1.29, 1.82) is 0 Å². The summed E-state index contributed by atoms with van der Waals surface area (Å²) in [6.07, 6.45) is 5.17. The lowest BCUT2D eigenvalue weighted by molar-refractivity contribution is -0.143.